The number of hydrogen-bond acceptors (Lipinski definition) is 6. The number of amides is 1. The molecule has 0 fully saturated rings. The van der Waals surface area contributed by atoms with Crippen LogP contribution in [0.3, 0.4) is 0 Å². The summed E-state index contributed by atoms with van der Waals surface area (Å²) in [5.74, 6) is 0.456. The molecule has 2 heterocycles. The lowest BCUT2D eigenvalue weighted by atomic mass is 9.98. The van der Waals surface area contributed by atoms with E-state index in [0.717, 1.165) is 22.5 Å². The Kier molecular flexibility index (Phi) is 5.30. The number of aromatic nitrogens is 2. The molecule has 3 rings (SSSR count). The van der Waals surface area contributed by atoms with Crippen molar-refractivity contribution in [2.45, 2.75) is 58.8 Å². The van der Waals surface area contributed by atoms with Crippen molar-refractivity contribution in [2.75, 3.05) is 11.9 Å². The number of carbonyl (C=O) groups excluding carboxylic acids is 1. The summed E-state index contributed by atoms with van der Waals surface area (Å²) in [5.41, 5.74) is 1.98. The number of ether oxygens (including phenoxy) is 1. The highest BCUT2D eigenvalue weighted by atomic mass is 16.6. The lowest BCUT2D eigenvalue weighted by molar-refractivity contribution is 0.0220. The number of carbonyl (C=O) groups is 1. The zero-order chi connectivity index (χ0) is 20.5. The van der Waals surface area contributed by atoms with Crippen molar-refractivity contribution in [3.63, 3.8) is 0 Å². The molecule has 28 heavy (non-hydrogen) atoms. The Labute approximate surface area is 165 Å². The number of nitrogens with one attached hydrogen (secondary N) is 1. The lowest BCUT2D eigenvalue weighted by Crippen LogP contribution is -2.40. The van der Waals surface area contributed by atoms with Gasteiger partial charge in [0.2, 0.25) is 5.95 Å². The van der Waals surface area contributed by atoms with E-state index in [1.165, 1.54) is 0 Å². The Morgan fingerprint density at radius 1 is 1.25 bits per heavy atom. The maximum absolute atomic E-state index is 12.4. The predicted molar refractivity (Wildman–Crippen MR) is 107 cm³/mol. The molecule has 0 bridgehead atoms. The topological polar surface area (TPSA) is 87.6 Å². The third-order valence-corrected chi connectivity index (χ3v) is 4.42. The van der Waals surface area contributed by atoms with Gasteiger partial charge in [-0.15, -0.1) is 0 Å². The Bertz CT molecular complexity index is 869. The highest BCUT2D eigenvalue weighted by Crippen LogP contribution is 2.25. The fourth-order valence-corrected chi connectivity index (χ4v) is 2.95. The molecule has 0 radical (unpaired) electrons. The first-order chi connectivity index (χ1) is 13.0. The maximum Gasteiger partial charge on any atom is 0.410 e. The second-order valence-electron chi connectivity index (χ2n) is 8.58. The van der Waals surface area contributed by atoms with Gasteiger partial charge in [-0.05, 0) is 64.3 Å². The first-order valence-corrected chi connectivity index (χ1v) is 9.44. The smallest absolute Gasteiger partial charge is 0.410 e. The molecule has 2 N–H and O–H groups in total. The molecular formula is C21H28N4O3. The number of hydrogen-bond donors (Lipinski definition) is 2. The van der Waals surface area contributed by atoms with Crippen molar-refractivity contribution < 1.29 is 14.6 Å². The summed E-state index contributed by atoms with van der Waals surface area (Å²) in [6, 6.07) is 7.51. The van der Waals surface area contributed by atoms with Crippen molar-refractivity contribution >= 4 is 17.7 Å². The number of fused-ring (bicyclic) bond motifs is 1. The van der Waals surface area contributed by atoms with Crippen LogP contribution in [0.15, 0.2) is 30.5 Å². The van der Waals surface area contributed by atoms with Gasteiger partial charge in [0.1, 0.15) is 5.60 Å². The minimum absolute atomic E-state index is 0.329. The first-order valence-electron chi connectivity index (χ1n) is 9.44. The van der Waals surface area contributed by atoms with Gasteiger partial charge < -0.3 is 20.1 Å². The van der Waals surface area contributed by atoms with E-state index in [2.05, 4.69) is 15.3 Å². The van der Waals surface area contributed by atoms with E-state index < -0.39 is 11.2 Å². The molecule has 0 unspecified atom stereocenters. The highest BCUT2D eigenvalue weighted by Gasteiger charge is 2.27. The zero-order valence-electron chi connectivity index (χ0n) is 17.1. The van der Waals surface area contributed by atoms with Gasteiger partial charge in [-0.1, -0.05) is 12.1 Å². The molecule has 1 aromatic carbocycles. The predicted octanol–water partition coefficient (Wildman–Crippen LogP) is 3.74. The summed E-state index contributed by atoms with van der Waals surface area (Å²) < 4.78 is 5.47. The summed E-state index contributed by atoms with van der Waals surface area (Å²) in [6.07, 6.45) is 2.17. The quantitative estimate of drug-likeness (QED) is 0.838. The van der Waals surface area contributed by atoms with E-state index in [4.69, 9.17) is 4.74 Å². The lowest BCUT2D eigenvalue weighted by Gasteiger charge is -2.30. The first kappa shape index (κ1) is 20.1. The summed E-state index contributed by atoms with van der Waals surface area (Å²) >= 11 is 0. The van der Waals surface area contributed by atoms with Gasteiger partial charge in [0.05, 0.1) is 17.8 Å². The van der Waals surface area contributed by atoms with Gasteiger partial charge in [0.25, 0.3) is 0 Å². The van der Waals surface area contributed by atoms with Crippen LogP contribution in [0.1, 0.15) is 51.4 Å². The maximum atomic E-state index is 12.4. The molecular weight excluding hydrogens is 356 g/mol. The Morgan fingerprint density at radius 2 is 2.00 bits per heavy atom. The summed E-state index contributed by atoms with van der Waals surface area (Å²) in [4.78, 5) is 23.0. The molecule has 0 atom stereocenters. The fraction of sp³-hybridized carbons (Fsp3) is 0.476. The third-order valence-electron chi connectivity index (χ3n) is 4.42. The molecule has 1 aromatic heterocycles. The second-order valence-corrected chi connectivity index (χ2v) is 8.58. The van der Waals surface area contributed by atoms with Crippen LogP contribution in [0.2, 0.25) is 0 Å². The standard InChI is InChI=1S/C21H28N4O3/c1-20(2,3)28-19(26)25-10-9-14-12-22-18(24-17(14)13-25)23-16-8-6-7-15(11-16)21(4,5)27/h6-8,11-12,27H,9-10,13H2,1-5H3,(H,22,23,24). The minimum atomic E-state index is -0.928. The highest BCUT2D eigenvalue weighted by molar-refractivity contribution is 5.68. The largest absolute Gasteiger partial charge is 0.444 e. The van der Waals surface area contributed by atoms with Crippen LogP contribution >= 0.6 is 0 Å². The number of nitrogens with zero attached hydrogens (tertiary/aromatic N) is 3. The van der Waals surface area contributed by atoms with E-state index in [1.54, 1.807) is 24.9 Å². The van der Waals surface area contributed by atoms with Crippen molar-refractivity contribution in [1.82, 2.24) is 14.9 Å². The van der Waals surface area contributed by atoms with Crippen LogP contribution in [-0.2, 0) is 23.3 Å². The van der Waals surface area contributed by atoms with Gasteiger partial charge in [-0.25, -0.2) is 14.8 Å². The molecule has 2 aromatic rings. The van der Waals surface area contributed by atoms with Crippen molar-refractivity contribution in [3.05, 3.63) is 47.3 Å². The molecule has 0 saturated heterocycles. The average Bonchev–Trinajstić information content (AvgIpc) is 2.59. The molecule has 1 amide bonds. The van der Waals surface area contributed by atoms with Gasteiger partial charge in [-0.2, -0.15) is 0 Å². The molecule has 0 saturated carbocycles. The van der Waals surface area contributed by atoms with E-state index in [-0.39, 0.29) is 6.09 Å². The van der Waals surface area contributed by atoms with Crippen LogP contribution in [0.4, 0.5) is 16.4 Å². The normalized spacial score (nSPS) is 14.4. The Hall–Kier alpha value is -2.67. The van der Waals surface area contributed by atoms with Gasteiger partial charge in [0, 0.05) is 18.4 Å². The van der Waals surface area contributed by atoms with E-state index >= 15 is 0 Å². The molecule has 7 nitrogen and oxygen atoms in total. The van der Waals surface area contributed by atoms with Crippen molar-refractivity contribution in [2.24, 2.45) is 0 Å². The second kappa shape index (κ2) is 7.39. The van der Waals surface area contributed by atoms with Crippen LogP contribution in [0, 0.1) is 0 Å². The van der Waals surface area contributed by atoms with Crippen molar-refractivity contribution in [1.29, 1.82) is 0 Å². The summed E-state index contributed by atoms with van der Waals surface area (Å²) in [5, 5.41) is 13.4. The van der Waals surface area contributed by atoms with Gasteiger partial charge in [0.15, 0.2) is 0 Å². The Morgan fingerprint density at radius 3 is 2.68 bits per heavy atom. The van der Waals surface area contributed by atoms with E-state index in [9.17, 15) is 9.90 Å². The average molecular weight is 384 g/mol. The summed E-state index contributed by atoms with van der Waals surface area (Å²) in [7, 11) is 0. The fourth-order valence-electron chi connectivity index (χ4n) is 2.95. The number of benzene rings is 1. The summed E-state index contributed by atoms with van der Waals surface area (Å²) in [6.45, 7) is 10.0. The monoisotopic (exact) mass is 384 g/mol. The van der Waals surface area contributed by atoms with Crippen LogP contribution < -0.4 is 5.32 Å². The molecule has 150 valence electrons. The zero-order valence-corrected chi connectivity index (χ0v) is 17.1. The van der Waals surface area contributed by atoms with Crippen LogP contribution in [0.5, 0.6) is 0 Å². The SMILES string of the molecule is CC(C)(C)OC(=O)N1CCc2cnc(Nc3cccc(C(C)(C)O)c3)nc2C1. The van der Waals surface area contributed by atoms with Gasteiger partial charge in [-0.3, -0.25) is 0 Å². The van der Waals surface area contributed by atoms with Crippen molar-refractivity contribution in [3.8, 4) is 0 Å². The molecule has 1 aliphatic heterocycles. The van der Waals surface area contributed by atoms with Gasteiger partial charge >= 0.3 is 6.09 Å². The molecule has 1 aliphatic rings. The molecule has 0 spiro atoms. The molecule has 7 heteroatoms. The minimum Gasteiger partial charge on any atom is -0.444 e. The number of aliphatic hydroxyl groups is 1. The Balaban J connectivity index is 1.75. The van der Waals surface area contributed by atoms with E-state index in [1.807, 2.05) is 45.0 Å². The number of rotatable bonds is 3. The van der Waals surface area contributed by atoms with Crippen LogP contribution in [0.25, 0.3) is 0 Å². The van der Waals surface area contributed by atoms with Crippen LogP contribution in [-0.4, -0.2) is 38.2 Å². The van der Waals surface area contributed by atoms with E-state index in [0.29, 0.717) is 25.5 Å². The third kappa shape index (κ3) is 4.98. The molecule has 0 aliphatic carbocycles. The number of anilines is 2.